The highest BCUT2D eigenvalue weighted by Gasteiger charge is 2.29. The number of nitriles is 1. The van der Waals surface area contributed by atoms with Gasteiger partial charge in [0.25, 0.3) is 0 Å². The number of carbonyl (C=O) groups excluding carboxylic acids is 1. The Labute approximate surface area is 118 Å². The summed E-state index contributed by atoms with van der Waals surface area (Å²) in [6, 6.07) is 6.94. The van der Waals surface area contributed by atoms with E-state index >= 15 is 0 Å². The summed E-state index contributed by atoms with van der Waals surface area (Å²) in [6.07, 6.45) is 1.65. The molecule has 0 radical (unpaired) electrons. The van der Waals surface area contributed by atoms with E-state index in [1.54, 1.807) is 12.1 Å². The lowest BCUT2D eigenvalue weighted by molar-refractivity contribution is -0.124. The third-order valence-electron chi connectivity index (χ3n) is 3.99. The summed E-state index contributed by atoms with van der Waals surface area (Å²) < 4.78 is 14.1. The van der Waals surface area contributed by atoms with E-state index < -0.39 is 5.82 Å². The lowest BCUT2D eigenvalue weighted by Crippen LogP contribution is -2.45. The largest absolute Gasteiger partial charge is 0.369 e. The number of amides is 1. The monoisotopic (exact) mass is 275 g/mol. The number of rotatable bonds is 3. The number of nitrogens with two attached hydrogens (primary N) is 1. The van der Waals surface area contributed by atoms with E-state index in [2.05, 4.69) is 11.8 Å². The van der Waals surface area contributed by atoms with Gasteiger partial charge in [-0.15, -0.1) is 0 Å². The average Bonchev–Trinajstić information content (AvgIpc) is 2.43. The number of halogens is 1. The molecule has 1 fully saturated rings. The summed E-state index contributed by atoms with van der Waals surface area (Å²) in [5, 5.41) is 8.85. The number of benzene rings is 1. The summed E-state index contributed by atoms with van der Waals surface area (Å²) in [6.45, 7) is 3.00. The molecule has 1 aromatic rings. The molecule has 0 bridgehead atoms. The second-order valence-corrected chi connectivity index (χ2v) is 5.35. The molecule has 0 aromatic heterocycles. The number of primary amides is 1. The lowest BCUT2D eigenvalue weighted by Gasteiger charge is -2.36. The van der Waals surface area contributed by atoms with Gasteiger partial charge < -0.3 is 5.73 Å². The molecule has 0 spiro atoms. The van der Waals surface area contributed by atoms with Crippen LogP contribution < -0.4 is 5.73 Å². The van der Waals surface area contributed by atoms with Crippen molar-refractivity contribution in [2.24, 2.45) is 11.7 Å². The molecule has 5 heteroatoms. The van der Waals surface area contributed by atoms with E-state index in [0.717, 1.165) is 12.8 Å². The standard InChI is InChI=1S/C15H18FN3O/c1-10-5-6-13(15(18)20)9-19(10)8-12-4-2-3-11(7-17)14(12)16/h2-4,10,13H,5-6,8-9H2,1H3,(H2,18,20). The third-order valence-corrected chi connectivity index (χ3v) is 3.99. The van der Waals surface area contributed by atoms with Crippen LogP contribution in [0.3, 0.4) is 0 Å². The molecule has 2 rings (SSSR count). The van der Waals surface area contributed by atoms with Gasteiger partial charge in [0.1, 0.15) is 11.9 Å². The van der Waals surface area contributed by atoms with Gasteiger partial charge >= 0.3 is 0 Å². The minimum absolute atomic E-state index is 0.0543. The molecule has 1 amide bonds. The summed E-state index contributed by atoms with van der Waals surface area (Å²) in [4.78, 5) is 13.4. The molecule has 2 N–H and O–H groups in total. The Morgan fingerprint density at radius 3 is 2.95 bits per heavy atom. The first-order valence-corrected chi connectivity index (χ1v) is 6.73. The maximum Gasteiger partial charge on any atom is 0.221 e. The first-order chi connectivity index (χ1) is 9.52. The average molecular weight is 275 g/mol. The van der Waals surface area contributed by atoms with Crippen LogP contribution in [-0.2, 0) is 11.3 Å². The summed E-state index contributed by atoms with van der Waals surface area (Å²) in [5.41, 5.74) is 5.90. The van der Waals surface area contributed by atoms with Crippen molar-refractivity contribution in [3.63, 3.8) is 0 Å². The minimum Gasteiger partial charge on any atom is -0.369 e. The van der Waals surface area contributed by atoms with Gasteiger partial charge in [0, 0.05) is 24.7 Å². The summed E-state index contributed by atoms with van der Waals surface area (Å²) in [7, 11) is 0. The fraction of sp³-hybridized carbons (Fsp3) is 0.467. The second-order valence-electron chi connectivity index (χ2n) is 5.35. The van der Waals surface area contributed by atoms with Gasteiger partial charge in [-0.25, -0.2) is 4.39 Å². The molecule has 106 valence electrons. The van der Waals surface area contributed by atoms with Gasteiger partial charge in [0.15, 0.2) is 0 Å². The minimum atomic E-state index is -0.469. The van der Waals surface area contributed by atoms with Crippen molar-refractivity contribution in [3.05, 3.63) is 35.1 Å². The third kappa shape index (κ3) is 2.97. The molecular formula is C15H18FN3O. The van der Waals surface area contributed by atoms with Crippen LogP contribution in [0.1, 0.15) is 30.9 Å². The molecule has 0 saturated carbocycles. The maximum absolute atomic E-state index is 14.1. The Morgan fingerprint density at radius 2 is 2.30 bits per heavy atom. The van der Waals surface area contributed by atoms with Crippen molar-refractivity contribution in [1.82, 2.24) is 4.90 Å². The number of hydrogen-bond acceptors (Lipinski definition) is 3. The Morgan fingerprint density at radius 1 is 1.55 bits per heavy atom. The predicted molar refractivity (Wildman–Crippen MR) is 72.9 cm³/mol. The Bertz CT molecular complexity index is 553. The zero-order valence-electron chi connectivity index (χ0n) is 11.5. The van der Waals surface area contributed by atoms with Crippen molar-refractivity contribution in [2.75, 3.05) is 6.54 Å². The lowest BCUT2D eigenvalue weighted by atomic mass is 9.92. The predicted octanol–water partition coefficient (Wildman–Crippen LogP) is 1.78. The molecule has 0 aliphatic carbocycles. The molecule has 4 nitrogen and oxygen atoms in total. The van der Waals surface area contributed by atoms with Gasteiger partial charge in [-0.1, -0.05) is 12.1 Å². The van der Waals surface area contributed by atoms with Crippen LogP contribution in [0.25, 0.3) is 0 Å². The highest BCUT2D eigenvalue weighted by Crippen LogP contribution is 2.24. The Hall–Kier alpha value is -1.93. The van der Waals surface area contributed by atoms with Crippen LogP contribution in [0.15, 0.2) is 18.2 Å². The van der Waals surface area contributed by atoms with E-state index in [4.69, 9.17) is 11.0 Å². The number of likely N-dealkylation sites (tertiary alicyclic amines) is 1. The van der Waals surface area contributed by atoms with Crippen LogP contribution in [0.5, 0.6) is 0 Å². The maximum atomic E-state index is 14.1. The Kier molecular flexibility index (Phi) is 4.35. The van der Waals surface area contributed by atoms with Crippen LogP contribution >= 0.6 is 0 Å². The zero-order chi connectivity index (χ0) is 14.7. The van der Waals surface area contributed by atoms with Gasteiger partial charge in [0.05, 0.1) is 11.5 Å². The van der Waals surface area contributed by atoms with Crippen molar-refractivity contribution in [3.8, 4) is 6.07 Å². The van der Waals surface area contributed by atoms with E-state index in [0.29, 0.717) is 18.7 Å². The molecule has 2 unspecified atom stereocenters. The summed E-state index contributed by atoms with van der Waals surface area (Å²) >= 11 is 0. The topological polar surface area (TPSA) is 70.1 Å². The van der Waals surface area contributed by atoms with E-state index in [9.17, 15) is 9.18 Å². The highest BCUT2D eigenvalue weighted by atomic mass is 19.1. The van der Waals surface area contributed by atoms with Crippen LogP contribution in [-0.4, -0.2) is 23.4 Å². The molecule has 1 saturated heterocycles. The number of hydrogen-bond donors (Lipinski definition) is 1. The molecule has 20 heavy (non-hydrogen) atoms. The van der Waals surface area contributed by atoms with Crippen molar-refractivity contribution < 1.29 is 9.18 Å². The molecule has 1 aliphatic heterocycles. The quantitative estimate of drug-likeness (QED) is 0.914. The van der Waals surface area contributed by atoms with Crippen molar-refractivity contribution in [2.45, 2.75) is 32.4 Å². The molecule has 1 heterocycles. The molecular weight excluding hydrogens is 257 g/mol. The van der Waals surface area contributed by atoms with Crippen LogP contribution in [0.2, 0.25) is 0 Å². The van der Waals surface area contributed by atoms with Crippen molar-refractivity contribution >= 4 is 5.91 Å². The van der Waals surface area contributed by atoms with E-state index in [1.165, 1.54) is 6.07 Å². The second kappa shape index (κ2) is 6.02. The normalized spacial score (nSPS) is 23.2. The zero-order valence-corrected chi connectivity index (χ0v) is 11.5. The van der Waals surface area contributed by atoms with E-state index in [-0.39, 0.29) is 23.4 Å². The van der Waals surface area contributed by atoms with Gasteiger partial charge in [-0.3, -0.25) is 9.69 Å². The summed E-state index contributed by atoms with van der Waals surface area (Å²) in [5.74, 6) is -0.940. The number of nitrogens with zero attached hydrogens (tertiary/aromatic N) is 2. The molecule has 1 aliphatic rings. The first kappa shape index (κ1) is 14.5. The van der Waals surface area contributed by atoms with Gasteiger partial charge in [-0.2, -0.15) is 5.26 Å². The SMILES string of the molecule is CC1CCC(C(N)=O)CN1Cc1cccc(C#N)c1F. The molecule has 2 atom stereocenters. The van der Waals surface area contributed by atoms with E-state index in [1.807, 2.05) is 6.07 Å². The van der Waals surface area contributed by atoms with Gasteiger partial charge in [0.2, 0.25) is 5.91 Å². The number of piperidine rings is 1. The van der Waals surface area contributed by atoms with Crippen LogP contribution in [0.4, 0.5) is 4.39 Å². The fourth-order valence-corrected chi connectivity index (χ4v) is 2.64. The fourth-order valence-electron chi connectivity index (χ4n) is 2.64. The van der Waals surface area contributed by atoms with Crippen molar-refractivity contribution in [1.29, 1.82) is 5.26 Å². The van der Waals surface area contributed by atoms with Gasteiger partial charge in [-0.05, 0) is 25.8 Å². The Balaban J connectivity index is 2.16. The number of carbonyl (C=O) groups is 1. The molecule has 1 aromatic carbocycles. The van der Waals surface area contributed by atoms with Crippen LogP contribution in [0, 0.1) is 23.1 Å². The first-order valence-electron chi connectivity index (χ1n) is 6.73. The highest BCUT2D eigenvalue weighted by molar-refractivity contribution is 5.77. The smallest absolute Gasteiger partial charge is 0.221 e.